The Labute approximate surface area is 167 Å². The van der Waals surface area contributed by atoms with E-state index in [9.17, 15) is 4.79 Å². The van der Waals surface area contributed by atoms with Gasteiger partial charge in [-0.2, -0.15) is 0 Å². The van der Waals surface area contributed by atoms with E-state index in [0.29, 0.717) is 19.2 Å². The molecule has 1 aromatic heterocycles. The van der Waals surface area contributed by atoms with Gasteiger partial charge in [-0.1, -0.05) is 0 Å². The minimum absolute atomic E-state index is 0.119. The third kappa shape index (κ3) is 4.30. The molecule has 1 atom stereocenters. The number of nitrogens with zero attached hydrogens (tertiary/aromatic N) is 4. The maximum atomic E-state index is 12.4. The van der Waals surface area contributed by atoms with Gasteiger partial charge in [0.05, 0.1) is 12.5 Å². The monoisotopic (exact) mass is 387 g/mol. The summed E-state index contributed by atoms with van der Waals surface area (Å²) in [5.41, 5.74) is 2.64. The van der Waals surface area contributed by atoms with Gasteiger partial charge in [0.15, 0.2) is 0 Å². The first-order valence-electron chi connectivity index (χ1n) is 10.8. The Morgan fingerprint density at radius 3 is 2.86 bits per heavy atom. The fourth-order valence-electron chi connectivity index (χ4n) is 5.03. The van der Waals surface area contributed by atoms with Gasteiger partial charge in [-0.3, -0.25) is 9.69 Å². The molecule has 3 aliphatic rings. The Balaban J connectivity index is 1.30. The number of aryl methyl sites for hydroxylation is 1. The lowest BCUT2D eigenvalue weighted by atomic mass is 9.93. The highest BCUT2D eigenvalue weighted by Gasteiger charge is 2.32. The standard InChI is InChI=1S/C21H33N5O2/c1-28-13-9-22-21(27)16-4-3-10-26(14-16)17-7-11-25(12-8-17)20-18-5-2-6-19(18)23-15-24-20/h15-17H,2-14H2,1H3,(H,22,27)/t16-/m1/s1. The first-order chi connectivity index (χ1) is 13.8. The number of aromatic nitrogens is 2. The van der Waals surface area contributed by atoms with Crippen molar-refractivity contribution in [3.05, 3.63) is 17.6 Å². The van der Waals surface area contributed by atoms with Crippen LogP contribution >= 0.6 is 0 Å². The number of amides is 1. The Hall–Kier alpha value is -1.73. The van der Waals surface area contributed by atoms with Crippen molar-refractivity contribution < 1.29 is 9.53 Å². The number of piperidine rings is 2. The van der Waals surface area contributed by atoms with Crippen LogP contribution in [0.25, 0.3) is 0 Å². The molecule has 1 aromatic rings. The molecule has 28 heavy (non-hydrogen) atoms. The van der Waals surface area contributed by atoms with Gasteiger partial charge in [0.2, 0.25) is 5.91 Å². The second-order valence-corrected chi connectivity index (χ2v) is 8.31. The van der Waals surface area contributed by atoms with Crippen LogP contribution in [0.4, 0.5) is 5.82 Å². The summed E-state index contributed by atoms with van der Waals surface area (Å²) in [6.07, 6.45) is 9.58. The van der Waals surface area contributed by atoms with E-state index >= 15 is 0 Å². The third-order valence-corrected chi connectivity index (χ3v) is 6.56. The molecule has 0 radical (unpaired) electrons. The van der Waals surface area contributed by atoms with Crippen LogP contribution in [0.2, 0.25) is 0 Å². The molecule has 4 rings (SSSR count). The zero-order valence-corrected chi connectivity index (χ0v) is 17.0. The van der Waals surface area contributed by atoms with Crippen LogP contribution in [0, 0.1) is 5.92 Å². The molecule has 7 nitrogen and oxygen atoms in total. The highest BCUT2D eigenvalue weighted by molar-refractivity contribution is 5.78. The molecular formula is C21H33N5O2. The summed E-state index contributed by atoms with van der Waals surface area (Å²) < 4.78 is 5.03. The highest BCUT2D eigenvalue weighted by Crippen LogP contribution is 2.31. The number of hydrogen-bond donors (Lipinski definition) is 1. The van der Waals surface area contributed by atoms with Gasteiger partial charge in [-0.05, 0) is 51.5 Å². The summed E-state index contributed by atoms with van der Waals surface area (Å²) in [6.45, 7) is 5.30. The third-order valence-electron chi connectivity index (χ3n) is 6.56. The molecule has 0 spiro atoms. The van der Waals surface area contributed by atoms with E-state index in [-0.39, 0.29) is 11.8 Å². The van der Waals surface area contributed by atoms with Gasteiger partial charge in [0, 0.05) is 50.6 Å². The minimum atomic E-state index is 0.119. The molecule has 7 heteroatoms. The van der Waals surface area contributed by atoms with Crippen LogP contribution in [-0.4, -0.2) is 73.3 Å². The van der Waals surface area contributed by atoms with Crippen LogP contribution in [0.5, 0.6) is 0 Å². The summed E-state index contributed by atoms with van der Waals surface area (Å²) in [5, 5.41) is 3.02. The molecule has 2 fully saturated rings. The number of likely N-dealkylation sites (tertiary alicyclic amines) is 1. The molecule has 3 heterocycles. The lowest BCUT2D eigenvalue weighted by Gasteiger charge is -2.42. The molecule has 0 bridgehead atoms. The predicted molar refractivity (Wildman–Crippen MR) is 108 cm³/mol. The van der Waals surface area contributed by atoms with Gasteiger partial charge < -0.3 is 15.0 Å². The number of hydrogen-bond acceptors (Lipinski definition) is 6. The largest absolute Gasteiger partial charge is 0.383 e. The maximum Gasteiger partial charge on any atom is 0.224 e. The first kappa shape index (κ1) is 19.6. The number of carbonyl (C=O) groups excluding carboxylic acids is 1. The molecule has 0 saturated carbocycles. The lowest BCUT2D eigenvalue weighted by molar-refractivity contribution is -0.127. The van der Waals surface area contributed by atoms with E-state index in [4.69, 9.17) is 4.74 Å². The normalized spacial score (nSPS) is 23.6. The summed E-state index contributed by atoms with van der Waals surface area (Å²) in [6, 6.07) is 0.584. The second kappa shape index (κ2) is 9.18. The number of methoxy groups -OCH3 is 1. The van der Waals surface area contributed by atoms with Crippen molar-refractivity contribution in [3.8, 4) is 0 Å². The molecule has 2 saturated heterocycles. The summed E-state index contributed by atoms with van der Waals surface area (Å²) in [5.74, 6) is 1.49. The van der Waals surface area contributed by atoms with Crippen molar-refractivity contribution in [3.63, 3.8) is 0 Å². The quantitative estimate of drug-likeness (QED) is 0.745. The Morgan fingerprint density at radius 2 is 2.04 bits per heavy atom. The van der Waals surface area contributed by atoms with Gasteiger partial charge in [-0.15, -0.1) is 0 Å². The lowest BCUT2D eigenvalue weighted by Crippen LogP contribution is -2.51. The smallest absolute Gasteiger partial charge is 0.224 e. The van der Waals surface area contributed by atoms with Crippen molar-refractivity contribution in [2.75, 3.05) is 51.3 Å². The van der Waals surface area contributed by atoms with Gasteiger partial charge in [-0.25, -0.2) is 9.97 Å². The van der Waals surface area contributed by atoms with E-state index in [0.717, 1.165) is 64.7 Å². The average molecular weight is 388 g/mol. The first-order valence-corrected chi connectivity index (χ1v) is 10.8. The highest BCUT2D eigenvalue weighted by atomic mass is 16.5. The van der Waals surface area contributed by atoms with E-state index in [1.165, 1.54) is 23.5 Å². The summed E-state index contributed by atoms with van der Waals surface area (Å²) in [4.78, 5) is 26.5. The number of carbonyl (C=O) groups is 1. The van der Waals surface area contributed by atoms with Crippen molar-refractivity contribution in [1.29, 1.82) is 0 Å². The van der Waals surface area contributed by atoms with Crippen LogP contribution < -0.4 is 10.2 Å². The Bertz CT molecular complexity index is 675. The Kier molecular flexibility index (Phi) is 6.42. The van der Waals surface area contributed by atoms with Crippen molar-refractivity contribution >= 4 is 11.7 Å². The summed E-state index contributed by atoms with van der Waals surface area (Å²) in [7, 11) is 1.66. The summed E-state index contributed by atoms with van der Waals surface area (Å²) >= 11 is 0. The van der Waals surface area contributed by atoms with Crippen molar-refractivity contribution in [1.82, 2.24) is 20.2 Å². The fraction of sp³-hybridized carbons (Fsp3) is 0.762. The fourth-order valence-corrected chi connectivity index (χ4v) is 5.03. The van der Waals surface area contributed by atoms with Crippen molar-refractivity contribution in [2.45, 2.75) is 51.0 Å². The molecule has 0 aromatic carbocycles. The molecular weight excluding hydrogens is 354 g/mol. The average Bonchev–Trinajstić information content (AvgIpc) is 3.23. The zero-order valence-electron chi connectivity index (χ0n) is 17.0. The second-order valence-electron chi connectivity index (χ2n) is 8.31. The van der Waals surface area contributed by atoms with E-state index < -0.39 is 0 Å². The molecule has 154 valence electrons. The molecule has 1 amide bonds. The van der Waals surface area contributed by atoms with Crippen LogP contribution in [0.1, 0.15) is 43.4 Å². The topological polar surface area (TPSA) is 70.6 Å². The predicted octanol–water partition coefficient (Wildman–Crippen LogP) is 1.41. The zero-order chi connectivity index (χ0) is 19.3. The molecule has 0 unspecified atom stereocenters. The maximum absolute atomic E-state index is 12.4. The number of fused-ring (bicyclic) bond motifs is 1. The number of ether oxygens (including phenoxy) is 1. The van der Waals surface area contributed by atoms with Gasteiger partial charge >= 0.3 is 0 Å². The Morgan fingerprint density at radius 1 is 1.18 bits per heavy atom. The van der Waals surface area contributed by atoms with E-state index in [2.05, 4.69) is 25.1 Å². The van der Waals surface area contributed by atoms with Crippen LogP contribution in [0.3, 0.4) is 0 Å². The number of rotatable bonds is 6. The van der Waals surface area contributed by atoms with Crippen LogP contribution in [0.15, 0.2) is 6.33 Å². The van der Waals surface area contributed by atoms with Crippen molar-refractivity contribution in [2.24, 2.45) is 5.92 Å². The number of anilines is 1. The van der Waals surface area contributed by atoms with Crippen LogP contribution in [-0.2, 0) is 22.4 Å². The van der Waals surface area contributed by atoms with E-state index in [1.54, 1.807) is 13.4 Å². The molecule has 1 N–H and O–H groups in total. The SMILES string of the molecule is COCCNC(=O)[C@@H]1CCCN(C2CCN(c3ncnc4c3CCC4)CC2)C1. The van der Waals surface area contributed by atoms with Gasteiger partial charge in [0.25, 0.3) is 0 Å². The molecule has 2 aliphatic heterocycles. The van der Waals surface area contributed by atoms with Gasteiger partial charge in [0.1, 0.15) is 12.1 Å². The number of nitrogens with one attached hydrogen (secondary N) is 1. The molecule has 1 aliphatic carbocycles. The van der Waals surface area contributed by atoms with E-state index in [1.807, 2.05) is 0 Å². The minimum Gasteiger partial charge on any atom is -0.383 e.